The third-order valence-electron chi connectivity index (χ3n) is 4.40. The molecule has 0 spiro atoms. The first-order valence-corrected chi connectivity index (χ1v) is 8.62. The molecule has 0 radical (unpaired) electrons. The average molecular weight is 401 g/mol. The van der Waals surface area contributed by atoms with Crippen LogP contribution in [-0.2, 0) is 15.8 Å². The molecule has 1 saturated heterocycles. The number of alkyl halides is 3. The van der Waals surface area contributed by atoms with Crippen molar-refractivity contribution in [3.63, 3.8) is 0 Å². The van der Waals surface area contributed by atoms with Gasteiger partial charge in [-0.2, -0.15) is 13.2 Å². The number of hydrogen-bond donors (Lipinski definition) is 3. The molecule has 0 unspecified atom stereocenters. The first kappa shape index (κ1) is 21.7. The Morgan fingerprint density at radius 3 is 2.36 bits per heavy atom. The largest absolute Gasteiger partial charge is 0.478 e. The van der Waals surface area contributed by atoms with Gasteiger partial charge in [-0.05, 0) is 18.2 Å². The summed E-state index contributed by atoms with van der Waals surface area (Å²) in [6.07, 6.45) is -5.11. The van der Waals surface area contributed by atoms with E-state index in [2.05, 4.69) is 11.9 Å². The Morgan fingerprint density at radius 1 is 1.18 bits per heavy atom. The fraction of sp³-hybridized carbons (Fsp3) is 0.444. The van der Waals surface area contributed by atoms with Crippen LogP contribution in [0.4, 0.5) is 24.5 Å². The average Bonchev–Trinajstić information content (AvgIpc) is 2.61. The molecule has 1 aliphatic rings. The van der Waals surface area contributed by atoms with Crippen LogP contribution in [0.1, 0.15) is 12.0 Å². The van der Waals surface area contributed by atoms with E-state index in [-0.39, 0.29) is 17.9 Å². The van der Waals surface area contributed by atoms with Crippen molar-refractivity contribution < 1.29 is 33.0 Å². The molecule has 0 aromatic heterocycles. The molecule has 10 heteroatoms. The van der Waals surface area contributed by atoms with E-state index >= 15 is 0 Å². The maximum absolute atomic E-state index is 13.1. The van der Waals surface area contributed by atoms with Crippen molar-refractivity contribution in [1.82, 2.24) is 4.90 Å². The van der Waals surface area contributed by atoms with Gasteiger partial charge in [-0.25, -0.2) is 4.79 Å². The van der Waals surface area contributed by atoms with Gasteiger partial charge in [0.2, 0.25) is 5.91 Å². The molecular weight excluding hydrogens is 379 g/mol. The van der Waals surface area contributed by atoms with Crippen molar-refractivity contribution >= 4 is 23.3 Å². The van der Waals surface area contributed by atoms with Crippen LogP contribution < -0.4 is 10.2 Å². The number of anilines is 2. The number of carbonyl (C=O) groups excluding carboxylic acids is 1. The lowest BCUT2D eigenvalue weighted by molar-refractivity contribution is -0.137. The van der Waals surface area contributed by atoms with Crippen LogP contribution in [0.25, 0.3) is 0 Å². The van der Waals surface area contributed by atoms with Gasteiger partial charge in [-0.15, -0.1) is 0 Å². The number of aliphatic hydroxyl groups is 1. The van der Waals surface area contributed by atoms with Gasteiger partial charge >= 0.3 is 12.1 Å². The maximum atomic E-state index is 13.1. The molecule has 1 aromatic rings. The number of nitrogens with zero attached hydrogens (tertiary/aromatic N) is 2. The minimum atomic E-state index is -4.58. The van der Waals surface area contributed by atoms with E-state index in [0.717, 1.165) is 12.1 Å². The Balaban J connectivity index is 2.23. The van der Waals surface area contributed by atoms with Crippen LogP contribution in [-0.4, -0.2) is 66.3 Å². The number of halogens is 3. The number of aliphatic carboxylic acids is 1. The molecule has 7 nitrogen and oxygen atoms in total. The standard InChI is InChI=1S/C18H22F3N3O4/c1-12(17(27)28)10-16(26)22-14-11-13(18(19,20)21)2-3-15(14)24-6-4-23(5-7-24)8-9-25/h2-3,11,25H,1,4-10H2,(H,22,26)(H,27,28). The third kappa shape index (κ3) is 5.70. The summed E-state index contributed by atoms with van der Waals surface area (Å²) in [6, 6.07) is 3.09. The van der Waals surface area contributed by atoms with E-state index in [9.17, 15) is 22.8 Å². The Hall–Kier alpha value is -2.59. The molecule has 0 atom stereocenters. The molecule has 1 amide bonds. The predicted octanol–water partition coefficient (Wildman–Crippen LogP) is 1.79. The molecule has 0 bridgehead atoms. The molecule has 0 saturated carbocycles. The van der Waals surface area contributed by atoms with Gasteiger partial charge in [0.05, 0.1) is 30.0 Å². The van der Waals surface area contributed by atoms with E-state index in [1.54, 1.807) is 0 Å². The van der Waals surface area contributed by atoms with Gasteiger partial charge in [0.25, 0.3) is 0 Å². The summed E-state index contributed by atoms with van der Waals surface area (Å²) < 4.78 is 39.2. The quantitative estimate of drug-likeness (QED) is 0.604. The Labute approximate surface area is 160 Å². The summed E-state index contributed by atoms with van der Waals surface area (Å²) in [4.78, 5) is 26.8. The topological polar surface area (TPSA) is 93.1 Å². The Bertz CT molecular complexity index is 744. The third-order valence-corrected chi connectivity index (χ3v) is 4.40. The molecular formula is C18H22F3N3O4. The first-order valence-electron chi connectivity index (χ1n) is 8.62. The molecule has 0 aliphatic carbocycles. The fourth-order valence-corrected chi connectivity index (χ4v) is 2.91. The zero-order valence-electron chi connectivity index (χ0n) is 15.1. The van der Waals surface area contributed by atoms with Crippen molar-refractivity contribution in [2.45, 2.75) is 12.6 Å². The maximum Gasteiger partial charge on any atom is 0.416 e. The molecule has 3 N–H and O–H groups in total. The summed E-state index contributed by atoms with van der Waals surface area (Å²) >= 11 is 0. The second-order valence-corrected chi connectivity index (χ2v) is 6.42. The molecule has 2 rings (SSSR count). The summed E-state index contributed by atoms with van der Waals surface area (Å²) in [5.74, 6) is -2.11. The number of aliphatic hydroxyl groups excluding tert-OH is 1. The number of hydrogen-bond acceptors (Lipinski definition) is 5. The van der Waals surface area contributed by atoms with Crippen molar-refractivity contribution in [1.29, 1.82) is 0 Å². The number of piperazine rings is 1. The number of β-amino-alcohol motifs (C(OH)–C–C–N with tert-alkyl or cyclic N) is 1. The van der Waals surface area contributed by atoms with Gasteiger partial charge in [-0.1, -0.05) is 6.58 Å². The second kappa shape index (κ2) is 9.07. The summed E-state index contributed by atoms with van der Waals surface area (Å²) in [5, 5.41) is 20.2. The SMILES string of the molecule is C=C(CC(=O)Nc1cc(C(F)(F)F)ccc1N1CCN(CCO)CC1)C(=O)O. The zero-order chi connectivity index (χ0) is 20.9. The molecule has 1 aromatic carbocycles. The predicted molar refractivity (Wildman–Crippen MR) is 97.2 cm³/mol. The van der Waals surface area contributed by atoms with Gasteiger partial charge in [0, 0.05) is 38.3 Å². The van der Waals surface area contributed by atoms with Crippen molar-refractivity contribution in [2.24, 2.45) is 0 Å². The number of carboxylic acids is 1. The van der Waals surface area contributed by atoms with Gasteiger partial charge in [-0.3, -0.25) is 9.69 Å². The molecule has 1 aliphatic heterocycles. The molecule has 1 fully saturated rings. The van der Waals surface area contributed by atoms with Crippen LogP contribution >= 0.6 is 0 Å². The normalized spacial score (nSPS) is 15.4. The van der Waals surface area contributed by atoms with E-state index in [1.165, 1.54) is 6.07 Å². The number of carbonyl (C=O) groups is 2. The highest BCUT2D eigenvalue weighted by Crippen LogP contribution is 2.36. The van der Waals surface area contributed by atoms with E-state index in [0.29, 0.717) is 38.4 Å². The molecule has 1 heterocycles. The monoisotopic (exact) mass is 401 g/mol. The number of rotatable bonds is 7. The smallest absolute Gasteiger partial charge is 0.416 e. The highest BCUT2D eigenvalue weighted by molar-refractivity contribution is 6.00. The number of nitrogens with one attached hydrogen (secondary N) is 1. The lowest BCUT2D eigenvalue weighted by atomic mass is 10.1. The zero-order valence-corrected chi connectivity index (χ0v) is 15.1. The van der Waals surface area contributed by atoms with E-state index < -0.39 is 30.0 Å². The first-order chi connectivity index (χ1) is 13.1. The highest BCUT2D eigenvalue weighted by atomic mass is 19.4. The number of carboxylic acid groups (broad SMARTS) is 1. The van der Waals surface area contributed by atoms with Crippen LogP contribution in [0.5, 0.6) is 0 Å². The molecule has 28 heavy (non-hydrogen) atoms. The highest BCUT2D eigenvalue weighted by Gasteiger charge is 2.32. The van der Waals surface area contributed by atoms with Gasteiger partial charge in [0.1, 0.15) is 0 Å². The fourth-order valence-electron chi connectivity index (χ4n) is 2.91. The second-order valence-electron chi connectivity index (χ2n) is 6.42. The van der Waals surface area contributed by atoms with Crippen LogP contribution in [0, 0.1) is 0 Å². The molecule has 154 valence electrons. The summed E-state index contributed by atoms with van der Waals surface area (Å²) in [6.45, 7) is 6.04. The van der Waals surface area contributed by atoms with Crippen molar-refractivity contribution in [3.8, 4) is 0 Å². The lowest BCUT2D eigenvalue weighted by Gasteiger charge is -2.36. The van der Waals surface area contributed by atoms with Gasteiger partial charge < -0.3 is 20.4 Å². The van der Waals surface area contributed by atoms with E-state index in [4.69, 9.17) is 10.2 Å². The van der Waals surface area contributed by atoms with Crippen LogP contribution in [0.3, 0.4) is 0 Å². The lowest BCUT2D eigenvalue weighted by Crippen LogP contribution is -2.47. The van der Waals surface area contributed by atoms with Gasteiger partial charge in [0.15, 0.2) is 0 Å². The summed E-state index contributed by atoms with van der Waals surface area (Å²) in [5.41, 5.74) is -0.884. The Kier molecular flexibility index (Phi) is 7.03. The van der Waals surface area contributed by atoms with E-state index in [1.807, 2.05) is 9.80 Å². The van der Waals surface area contributed by atoms with Crippen molar-refractivity contribution in [2.75, 3.05) is 49.5 Å². The van der Waals surface area contributed by atoms with Crippen LogP contribution in [0.15, 0.2) is 30.4 Å². The van der Waals surface area contributed by atoms with Crippen LogP contribution in [0.2, 0.25) is 0 Å². The minimum absolute atomic E-state index is 0.0229. The number of amides is 1. The van der Waals surface area contributed by atoms with Crippen molar-refractivity contribution in [3.05, 3.63) is 35.9 Å². The Morgan fingerprint density at radius 2 is 1.82 bits per heavy atom. The number of benzene rings is 1. The summed E-state index contributed by atoms with van der Waals surface area (Å²) in [7, 11) is 0. The minimum Gasteiger partial charge on any atom is -0.478 e.